The van der Waals surface area contributed by atoms with E-state index in [0.29, 0.717) is 38.1 Å². The predicted octanol–water partition coefficient (Wildman–Crippen LogP) is 4.54. The summed E-state index contributed by atoms with van der Waals surface area (Å²) >= 11 is 0. The fourth-order valence-corrected chi connectivity index (χ4v) is 5.17. The summed E-state index contributed by atoms with van der Waals surface area (Å²) in [7, 11) is 0.493. The summed E-state index contributed by atoms with van der Waals surface area (Å²) in [6.07, 6.45) is 2.80. The van der Waals surface area contributed by atoms with Gasteiger partial charge in [-0.3, -0.25) is 18.6 Å². The van der Waals surface area contributed by atoms with Gasteiger partial charge in [0.15, 0.2) is 0 Å². The molecule has 1 aliphatic rings. The van der Waals surface area contributed by atoms with Gasteiger partial charge in [-0.25, -0.2) is 4.57 Å². The number of carbonyl (C=O) groups is 2. The van der Waals surface area contributed by atoms with Gasteiger partial charge < -0.3 is 9.79 Å². The van der Waals surface area contributed by atoms with E-state index >= 15 is 0 Å². The first kappa shape index (κ1) is 27.9. The second-order valence-corrected chi connectivity index (χ2v) is 10.5. The molecule has 3 atom stereocenters. The number of phosphoric ester groups is 1. The van der Waals surface area contributed by atoms with E-state index in [0.717, 1.165) is 31.5 Å². The van der Waals surface area contributed by atoms with Crippen LogP contribution in [-0.2, 0) is 23.2 Å². The van der Waals surface area contributed by atoms with Crippen LogP contribution in [0.1, 0.15) is 59.8 Å². The van der Waals surface area contributed by atoms with E-state index in [2.05, 4.69) is 4.52 Å². The average Bonchev–Trinajstić information content (AvgIpc) is 3.15. The molecule has 0 aromatic heterocycles. The third-order valence-corrected chi connectivity index (χ3v) is 7.82. The Balaban J connectivity index is 0.00000352. The number of hydrogen-bond donors (Lipinski definition) is 1. The highest BCUT2D eigenvalue weighted by Gasteiger charge is 2.32. The molecule has 1 rings (SSSR count). The van der Waals surface area contributed by atoms with Gasteiger partial charge in [-0.15, -0.1) is 0 Å². The molecule has 1 fully saturated rings. The molecule has 1 aliphatic heterocycles. The van der Waals surface area contributed by atoms with Crippen molar-refractivity contribution in [3.63, 3.8) is 0 Å². The SMILES string of the molecule is CC.CCC(C)C(=O)CCSSCCCC(=O)N1CC[C@@H](OP(=O)(O)OC)C1. The molecule has 1 N–H and O–H groups in total. The van der Waals surface area contributed by atoms with Crippen LogP contribution in [0.25, 0.3) is 0 Å². The molecule has 7 nitrogen and oxygen atoms in total. The Bertz CT molecular complexity index is 508. The summed E-state index contributed by atoms with van der Waals surface area (Å²) in [6.45, 7) is 8.85. The van der Waals surface area contributed by atoms with Gasteiger partial charge in [0.25, 0.3) is 0 Å². The Labute approximate surface area is 177 Å². The molecule has 0 saturated carbocycles. The van der Waals surface area contributed by atoms with Crippen molar-refractivity contribution >= 4 is 41.1 Å². The lowest BCUT2D eigenvalue weighted by Gasteiger charge is -2.17. The van der Waals surface area contributed by atoms with Gasteiger partial charge in [0.05, 0.1) is 6.10 Å². The van der Waals surface area contributed by atoms with Crippen LogP contribution in [0.3, 0.4) is 0 Å². The lowest BCUT2D eigenvalue weighted by molar-refractivity contribution is -0.130. The van der Waals surface area contributed by atoms with Crippen LogP contribution in [0.5, 0.6) is 0 Å². The molecule has 0 bridgehead atoms. The molecule has 28 heavy (non-hydrogen) atoms. The number of likely N-dealkylation sites (tertiary alicyclic amines) is 1. The minimum absolute atomic E-state index is 0.0406. The first-order chi connectivity index (χ1) is 13.3. The lowest BCUT2D eigenvalue weighted by atomic mass is 10.0. The van der Waals surface area contributed by atoms with Crippen LogP contribution in [0.2, 0.25) is 0 Å². The normalized spacial score (nSPS) is 19.5. The van der Waals surface area contributed by atoms with Crippen LogP contribution in [0, 0.1) is 5.92 Å². The summed E-state index contributed by atoms with van der Waals surface area (Å²) < 4.78 is 20.8. The van der Waals surface area contributed by atoms with Crippen molar-refractivity contribution < 1.29 is 28.1 Å². The fraction of sp³-hybridized carbons (Fsp3) is 0.889. The largest absolute Gasteiger partial charge is 0.472 e. The Hall–Kier alpha value is -0.0500. The third-order valence-electron chi connectivity index (χ3n) is 4.31. The molecule has 0 aromatic carbocycles. The molecule has 0 spiro atoms. The number of rotatable bonds is 13. The Morgan fingerprint density at radius 3 is 2.50 bits per heavy atom. The molecular formula is C18H36NO6PS2. The third kappa shape index (κ3) is 11.8. The Morgan fingerprint density at radius 2 is 1.89 bits per heavy atom. The fourth-order valence-electron chi connectivity index (χ4n) is 2.45. The molecule has 0 radical (unpaired) electrons. The van der Waals surface area contributed by atoms with Crippen LogP contribution < -0.4 is 0 Å². The molecule has 2 unspecified atom stereocenters. The van der Waals surface area contributed by atoms with Crippen LogP contribution in [0.15, 0.2) is 0 Å². The quantitative estimate of drug-likeness (QED) is 0.245. The first-order valence-electron chi connectivity index (χ1n) is 9.90. The molecule has 0 aliphatic carbocycles. The Kier molecular flexibility index (Phi) is 15.7. The summed E-state index contributed by atoms with van der Waals surface area (Å²) in [5.41, 5.74) is 0. The zero-order chi connectivity index (χ0) is 21.6. The number of Topliss-reactive ketones (excluding diaryl/α,β-unsaturated/α-hetero) is 1. The van der Waals surface area contributed by atoms with E-state index in [-0.39, 0.29) is 11.8 Å². The average molecular weight is 458 g/mol. The van der Waals surface area contributed by atoms with Crippen molar-refractivity contribution in [3.05, 3.63) is 0 Å². The zero-order valence-corrected chi connectivity index (χ0v) is 20.2. The minimum Gasteiger partial charge on any atom is -0.340 e. The number of ketones is 1. The standard InChI is InChI=1S/C16H30NO6PS2.C2H6/c1-4-13(2)15(18)8-11-26-25-10-5-6-16(19)17-9-7-14(12-17)23-24(20,21)22-3;1-2/h13-14H,4-12H2,1-3H3,(H,20,21);1-2H3/t13?,14-;/m1./s1. The highest BCUT2D eigenvalue weighted by molar-refractivity contribution is 8.76. The van der Waals surface area contributed by atoms with E-state index in [1.807, 2.05) is 27.7 Å². The maximum absolute atomic E-state index is 12.2. The molecule has 0 aromatic rings. The van der Waals surface area contributed by atoms with Crippen molar-refractivity contribution in [3.8, 4) is 0 Å². The summed E-state index contributed by atoms with van der Waals surface area (Å²) in [5, 5.41) is 0. The van der Waals surface area contributed by atoms with Gasteiger partial charge >= 0.3 is 7.82 Å². The van der Waals surface area contributed by atoms with Gasteiger partial charge in [0.1, 0.15) is 5.78 Å². The van der Waals surface area contributed by atoms with Crippen LogP contribution >= 0.6 is 29.4 Å². The maximum Gasteiger partial charge on any atom is 0.472 e. The van der Waals surface area contributed by atoms with E-state index in [1.54, 1.807) is 26.5 Å². The highest BCUT2D eigenvalue weighted by Crippen LogP contribution is 2.44. The summed E-state index contributed by atoms with van der Waals surface area (Å²) in [5.74, 6) is 2.18. The van der Waals surface area contributed by atoms with Crippen LogP contribution in [-0.4, -0.2) is 59.3 Å². The number of phosphoric acid groups is 1. The number of hydrogen-bond acceptors (Lipinski definition) is 7. The van der Waals surface area contributed by atoms with E-state index in [4.69, 9.17) is 4.52 Å². The topological polar surface area (TPSA) is 93.1 Å². The first-order valence-corrected chi connectivity index (χ1v) is 13.9. The molecule has 1 amide bonds. The smallest absolute Gasteiger partial charge is 0.340 e. The molecule has 1 saturated heterocycles. The van der Waals surface area contributed by atoms with Gasteiger partial charge in [0.2, 0.25) is 5.91 Å². The highest BCUT2D eigenvalue weighted by atomic mass is 33.1. The maximum atomic E-state index is 12.2. The predicted molar refractivity (Wildman–Crippen MR) is 117 cm³/mol. The zero-order valence-electron chi connectivity index (χ0n) is 17.7. The van der Waals surface area contributed by atoms with Gasteiger partial charge in [-0.1, -0.05) is 49.3 Å². The van der Waals surface area contributed by atoms with Crippen molar-refractivity contribution in [2.24, 2.45) is 5.92 Å². The van der Waals surface area contributed by atoms with E-state index < -0.39 is 13.9 Å². The van der Waals surface area contributed by atoms with Crippen LogP contribution in [0.4, 0.5) is 0 Å². The van der Waals surface area contributed by atoms with Crippen molar-refractivity contribution in [2.75, 3.05) is 31.7 Å². The number of nitrogens with zero attached hydrogens (tertiary/aromatic N) is 1. The molecule has 166 valence electrons. The Morgan fingerprint density at radius 1 is 1.25 bits per heavy atom. The molecular weight excluding hydrogens is 421 g/mol. The van der Waals surface area contributed by atoms with E-state index in [1.165, 1.54) is 0 Å². The van der Waals surface area contributed by atoms with Gasteiger partial charge in [-0.05, 0) is 19.3 Å². The van der Waals surface area contributed by atoms with E-state index in [9.17, 15) is 19.0 Å². The van der Waals surface area contributed by atoms with Crippen molar-refractivity contribution in [2.45, 2.75) is 65.9 Å². The van der Waals surface area contributed by atoms with Gasteiger partial charge in [-0.2, -0.15) is 0 Å². The number of amides is 1. The second kappa shape index (κ2) is 15.7. The lowest BCUT2D eigenvalue weighted by Crippen LogP contribution is -2.29. The van der Waals surface area contributed by atoms with Gasteiger partial charge in [0, 0.05) is 50.5 Å². The minimum atomic E-state index is -4.00. The monoisotopic (exact) mass is 457 g/mol. The van der Waals surface area contributed by atoms with Crippen molar-refractivity contribution in [1.29, 1.82) is 0 Å². The summed E-state index contributed by atoms with van der Waals surface area (Å²) in [6, 6.07) is 0. The molecule has 1 heterocycles. The summed E-state index contributed by atoms with van der Waals surface area (Å²) in [4.78, 5) is 34.8. The second-order valence-electron chi connectivity index (χ2n) is 6.28. The van der Waals surface area contributed by atoms with Crippen molar-refractivity contribution in [1.82, 2.24) is 4.90 Å². The number of carbonyl (C=O) groups excluding carboxylic acids is 2. The molecule has 10 heteroatoms.